The molecule has 1 rings (SSSR count). The minimum atomic E-state index is -0.276. The van der Waals surface area contributed by atoms with E-state index < -0.39 is 0 Å². The molecule has 1 atom stereocenters. The van der Waals surface area contributed by atoms with Gasteiger partial charge in [-0.25, -0.2) is 0 Å². The van der Waals surface area contributed by atoms with Crippen molar-refractivity contribution >= 4 is 11.6 Å². The molecule has 1 aromatic carbocycles. The van der Waals surface area contributed by atoms with Crippen LogP contribution < -0.4 is 15.8 Å². The van der Waals surface area contributed by atoms with Crippen molar-refractivity contribution < 1.29 is 9.53 Å². The number of amides is 1. The van der Waals surface area contributed by atoms with Gasteiger partial charge in [0.15, 0.2) is 6.61 Å². The van der Waals surface area contributed by atoms with Crippen LogP contribution in [0, 0.1) is 18.3 Å². The summed E-state index contributed by atoms with van der Waals surface area (Å²) in [5, 5.41) is 2.72. The summed E-state index contributed by atoms with van der Waals surface area (Å²) in [4.78, 5) is 11.6. The van der Waals surface area contributed by atoms with E-state index in [1.165, 1.54) is 0 Å². The van der Waals surface area contributed by atoms with Crippen molar-refractivity contribution in [2.45, 2.75) is 19.9 Å². The summed E-state index contributed by atoms with van der Waals surface area (Å²) in [6.45, 7) is 3.82. The normalized spacial score (nSPS) is 11.7. The molecule has 0 aliphatic heterocycles. The number of nitrogens with one attached hydrogen (secondary N) is 1. The molecule has 0 saturated carbocycles. The van der Waals surface area contributed by atoms with Gasteiger partial charge in [-0.05, 0) is 18.1 Å². The van der Waals surface area contributed by atoms with E-state index in [9.17, 15) is 4.79 Å². The molecule has 0 spiro atoms. The lowest BCUT2D eigenvalue weighted by Crippen LogP contribution is -2.40. The topological polar surface area (TPSA) is 64.3 Å². The lowest BCUT2D eigenvalue weighted by Gasteiger charge is -2.16. The number of nitrogen functional groups attached to an aromatic ring is 1. The molecule has 18 heavy (non-hydrogen) atoms. The third-order valence-corrected chi connectivity index (χ3v) is 2.39. The van der Waals surface area contributed by atoms with Crippen molar-refractivity contribution in [3.05, 3.63) is 24.3 Å². The zero-order valence-corrected chi connectivity index (χ0v) is 10.6. The average Bonchev–Trinajstić information content (AvgIpc) is 2.33. The minimum absolute atomic E-state index is 0.0750. The molecule has 0 bridgehead atoms. The van der Waals surface area contributed by atoms with Crippen LogP contribution >= 0.6 is 0 Å². The van der Waals surface area contributed by atoms with Crippen LogP contribution in [-0.4, -0.2) is 18.6 Å². The van der Waals surface area contributed by atoms with Crippen LogP contribution in [-0.2, 0) is 4.79 Å². The van der Waals surface area contributed by atoms with Gasteiger partial charge in [0.25, 0.3) is 5.91 Å². The first kappa shape index (κ1) is 13.9. The fourth-order valence-electron chi connectivity index (χ4n) is 1.37. The third-order valence-electron chi connectivity index (χ3n) is 2.39. The van der Waals surface area contributed by atoms with Crippen LogP contribution in [0.3, 0.4) is 0 Å². The third kappa shape index (κ3) is 4.38. The highest BCUT2D eigenvalue weighted by Crippen LogP contribution is 2.14. The summed E-state index contributed by atoms with van der Waals surface area (Å²) >= 11 is 0. The summed E-state index contributed by atoms with van der Waals surface area (Å²) in [6, 6.07) is 6.64. The van der Waals surface area contributed by atoms with E-state index in [0.29, 0.717) is 11.4 Å². The van der Waals surface area contributed by atoms with Crippen LogP contribution in [0.5, 0.6) is 5.75 Å². The van der Waals surface area contributed by atoms with E-state index in [-0.39, 0.29) is 24.5 Å². The first-order valence-electron chi connectivity index (χ1n) is 5.76. The Hall–Kier alpha value is -2.15. The van der Waals surface area contributed by atoms with Crippen LogP contribution in [0.15, 0.2) is 24.3 Å². The maximum absolute atomic E-state index is 11.6. The number of nitrogens with two attached hydrogens (primary N) is 1. The standard InChI is InChI=1S/C14H18N2O2/c1-4-13(10(2)3)16-14(17)9-18-12-7-5-6-11(15)8-12/h1,5-8,10,13H,9,15H2,2-3H3,(H,16,17). The van der Waals surface area contributed by atoms with Gasteiger partial charge in [-0.15, -0.1) is 6.42 Å². The number of carbonyl (C=O) groups excluding carboxylic acids is 1. The van der Waals surface area contributed by atoms with E-state index in [1.54, 1.807) is 24.3 Å². The van der Waals surface area contributed by atoms with Crippen LogP contribution in [0.2, 0.25) is 0 Å². The molecule has 3 N–H and O–H groups in total. The van der Waals surface area contributed by atoms with Gasteiger partial charge in [-0.3, -0.25) is 4.79 Å². The van der Waals surface area contributed by atoms with Crippen molar-refractivity contribution in [3.63, 3.8) is 0 Å². The molecule has 0 aliphatic carbocycles. The van der Waals surface area contributed by atoms with Crippen molar-refractivity contribution in [3.8, 4) is 18.1 Å². The second-order valence-electron chi connectivity index (χ2n) is 4.32. The Morgan fingerprint density at radius 2 is 2.28 bits per heavy atom. The molecular formula is C14H18N2O2. The maximum atomic E-state index is 11.6. The van der Waals surface area contributed by atoms with Gasteiger partial charge >= 0.3 is 0 Å². The first-order valence-corrected chi connectivity index (χ1v) is 5.76. The number of terminal acetylenes is 1. The number of hydrogen-bond donors (Lipinski definition) is 2. The number of ether oxygens (including phenoxy) is 1. The fraction of sp³-hybridized carbons (Fsp3) is 0.357. The minimum Gasteiger partial charge on any atom is -0.484 e. The van der Waals surface area contributed by atoms with Crippen molar-refractivity contribution in [2.24, 2.45) is 5.92 Å². The largest absolute Gasteiger partial charge is 0.484 e. The van der Waals surface area contributed by atoms with E-state index in [2.05, 4.69) is 11.2 Å². The van der Waals surface area contributed by atoms with Gasteiger partial charge < -0.3 is 15.8 Å². The van der Waals surface area contributed by atoms with Crippen molar-refractivity contribution in [1.82, 2.24) is 5.32 Å². The van der Waals surface area contributed by atoms with Gasteiger partial charge in [-0.1, -0.05) is 25.8 Å². The van der Waals surface area contributed by atoms with E-state index >= 15 is 0 Å². The number of hydrogen-bond acceptors (Lipinski definition) is 3. The quantitative estimate of drug-likeness (QED) is 0.610. The second-order valence-corrected chi connectivity index (χ2v) is 4.32. The summed E-state index contributed by atoms with van der Waals surface area (Å²) in [7, 11) is 0. The molecule has 0 saturated heterocycles. The smallest absolute Gasteiger partial charge is 0.258 e. The molecule has 1 unspecified atom stereocenters. The number of benzene rings is 1. The zero-order chi connectivity index (χ0) is 13.5. The lowest BCUT2D eigenvalue weighted by atomic mass is 10.1. The molecule has 1 aromatic rings. The zero-order valence-electron chi connectivity index (χ0n) is 10.6. The van der Waals surface area contributed by atoms with E-state index in [0.717, 1.165) is 0 Å². The average molecular weight is 246 g/mol. The SMILES string of the molecule is C#CC(NC(=O)COc1cccc(N)c1)C(C)C. The Morgan fingerprint density at radius 3 is 2.83 bits per heavy atom. The molecule has 0 aliphatic rings. The van der Waals surface area contributed by atoms with Crippen molar-refractivity contribution in [1.29, 1.82) is 0 Å². The Labute approximate surface area is 108 Å². The van der Waals surface area contributed by atoms with Gasteiger partial charge in [-0.2, -0.15) is 0 Å². The predicted octanol–water partition coefficient (Wildman–Crippen LogP) is 1.42. The summed E-state index contributed by atoms with van der Waals surface area (Å²) in [5.41, 5.74) is 6.19. The number of rotatable bonds is 5. The van der Waals surface area contributed by atoms with Crippen molar-refractivity contribution in [2.75, 3.05) is 12.3 Å². The van der Waals surface area contributed by atoms with Crippen LogP contribution in [0.1, 0.15) is 13.8 Å². The fourth-order valence-corrected chi connectivity index (χ4v) is 1.37. The molecule has 96 valence electrons. The Kier molecular flexibility index (Phi) is 5.06. The Balaban J connectivity index is 2.45. The number of carbonyl (C=O) groups is 1. The summed E-state index contributed by atoms with van der Waals surface area (Å²) < 4.78 is 5.31. The molecule has 1 amide bonds. The molecule has 0 radical (unpaired) electrons. The Morgan fingerprint density at radius 1 is 1.56 bits per heavy atom. The Bertz CT molecular complexity index is 449. The molecule has 4 nitrogen and oxygen atoms in total. The number of anilines is 1. The maximum Gasteiger partial charge on any atom is 0.258 e. The summed E-state index contributed by atoms with van der Waals surface area (Å²) in [5.74, 6) is 3.04. The molecule has 0 heterocycles. The highest BCUT2D eigenvalue weighted by Gasteiger charge is 2.13. The highest BCUT2D eigenvalue weighted by molar-refractivity contribution is 5.78. The predicted molar refractivity (Wildman–Crippen MR) is 72.0 cm³/mol. The van der Waals surface area contributed by atoms with Crippen LogP contribution in [0.25, 0.3) is 0 Å². The first-order chi connectivity index (χ1) is 8.52. The monoisotopic (exact) mass is 246 g/mol. The second kappa shape index (κ2) is 6.55. The van der Waals surface area contributed by atoms with Crippen LogP contribution in [0.4, 0.5) is 5.69 Å². The summed E-state index contributed by atoms with van der Waals surface area (Å²) in [6.07, 6.45) is 5.33. The lowest BCUT2D eigenvalue weighted by molar-refractivity contribution is -0.123. The van der Waals surface area contributed by atoms with Gasteiger partial charge in [0.05, 0.1) is 6.04 Å². The molecule has 0 aromatic heterocycles. The molecule has 4 heteroatoms. The van der Waals surface area contributed by atoms with Gasteiger partial charge in [0, 0.05) is 11.8 Å². The van der Waals surface area contributed by atoms with E-state index in [4.69, 9.17) is 16.9 Å². The highest BCUT2D eigenvalue weighted by atomic mass is 16.5. The van der Waals surface area contributed by atoms with Gasteiger partial charge in [0.2, 0.25) is 0 Å². The molecular weight excluding hydrogens is 228 g/mol. The van der Waals surface area contributed by atoms with Gasteiger partial charge in [0.1, 0.15) is 5.75 Å². The van der Waals surface area contributed by atoms with E-state index in [1.807, 2.05) is 13.8 Å². The molecule has 0 fully saturated rings.